The molecule has 0 aromatic heterocycles. The van der Waals surface area contributed by atoms with E-state index < -0.39 is 71.4 Å². The van der Waals surface area contributed by atoms with E-state index in [1.54, 1.807) is 26.0 Å². The molecule has 2 rings (SSSR count). The van der Waals surface area contributed by atoms with Gasteiger partial charge in [0.05, 0.1) is 12.3 Å². The largest absolute Gasteiger partial charge is 0.617 e. The lowest BCUT2D eigenvalue weighted by atomic mass is 9.94. The number of benzene rings is 2. The molecule has 0 bridgehead atoms. The Hall–Kier alpha value is -5.45. The number of aromatic hydroxyl groups is 1. The van der Waals surface area contributed by atoms with E-state index in [0.717, 1.165) is 11.1 Å². The van der Waals surface area contributed by atoms with Gasteiger partial charge in [-0.1, -0.05) is 41.5 Å². The molecular formula is C31H42F6N8O8S. The number of carboxylic acids is 2. The van der Waals surface area contributed by atoms with Crippen molar-refractivity contribution in [2.24, 2.45) is 17.2 Å². The minimum Gasteiger partial charge on any atom is -0.617 e. The minimum absolute atomic E-state index is 0.0361. The van der Waals surface area contributed by atoms with Crippen molar-refractivity contribution in [2.45, 2.75) is 63.6 Å². The molecule has 16 nitrogen and oxygen atoms in total. The Labute approximate surface area is 308 Å². The number of aryl methyl sites for hydroxylation is 2. The third kappa shape index (κ3) is 18.3. The van der Waals surface area contributed by atoms with Crippen molar-refractivity contribution in [3.63, 3.8) is 0 Å². The third-order valence-electron chi connectivity index (χ3n) is 7.03. The number of nitrogens with zero attached hydrogens (tertiary/aromatic N) is 1. The van der Waals surface area contributed by atoms with Crippen LogP contribution in [-0.2, 0) is 43.2 Å². The van der Waals surface area contributed by atoms with Gasteiger partial charge < -0.3 is 52.6 Å². The van der Waals surface area contributed by atoms with Crippen LogP contribution in [0.3, 0.4) is 0 Å². The lowest BCUT2D eigenvalue weighted by Crippen LogP contribution is -2.61. The van der Waals surface area contributed by atoms with Gasteiger partial charge in [0.15, 0.2) is 11.9 Å². The average Bonchev–Trinajstić information content (AvgIpc) is 3.01. The van der Waals surface area contributed by atoms with Crippen molar-refractivity contribution in [3.05, 3.63) is 64.7 Å². The second-order valence-electron chi connectivity index (χ2n) is 11.4. The zero-order valence-corrected chi connectivity index (χ0v) is 29.9. The normalized spacial score (nSPS) is 13.2. The Morgan fingerprint density at radius 2 is 1.35 bits per heavy atom. The number of carbonyl (C=O) groups excluding carboxylic acids is 2. The summed E-state index contributed by atoms with van der Waals surface area (Å²) in [5.41, 5.74) is 20.4. The molecule has 302 valence electrons. The third-order valence-corrected chi connectivity index (χ3v) is 7.84. The summed E-state index contributed by atoms with van der Waals surface area (Å²) in [6.07, 6.45) is -8.14. The number of phenolic OH excluding ortho intramolecular Hbond substituents is 1. The van der Waals surface area contributed by atoms with E-state index in [2.05, 4.69) is 10.6 Å². The predicted molar refractivity (Wildman–Crippen MR) is 185 cm³/mol. The highest BCUT2D eigenvalue weighted by Gasteiger charge is 2.39. The van der Waals surface area contributed by atoms with Crippen LogP contribution in [0, 0.1) is 24.7 Å². The standard InChI is InChI=1S/C27H40N8O4S.2C2HF3O2/c1-16-11-20(36)12-17(2)21(16)14-23(24(28)37)35(27(31)32)22(9-10-40(3)39)25(38)33-15-19(34-26(29)30)13-18-7-5-4-6-8-18;2*3-2(4,5)1(6)7/h4-8,11-12,19,22-23,36H,9-10,13-15H2,1-3H3,(H2,28,37)(H3,31,32)(H,33,38)(H4,29,30,34);2*(H,6,7)/t19-,22+,23-,40?;;/m0../s1. The summed E-state index contributed by atoms with van der Waals surface area (Å²) in [5.74, 6) is -7.46. The number of hydrogen-bond donors (Lipinski definition) is 10. The van der Waals surface area contributed by atoms with E-state index >= 15 is 0 Å². The van der Waals surface area contributed by atoms with E-state index in [4.69, 9.17) is 47.8 Å². The maximum atomic E-state index is 13.6. The molecule has 2 aromatic rings. The van der Waals surface area contributed by atoms with Crippen molar-refractivity contribution in [1.82, 2.24) is 15.5 Å². The Bertz CT molecular complexity index is 1550. The molecule has 0 saturated heterocycles. The number of rotatable bonds is 14. The van der Waals surface area contributed by atoms with Gasteiger partial charge in [-0.05, 0) is 54.7 Å². The van der Waals surface area contributed by atoms with Crippen molar-refractivity contribution < 1.29 is 65.4 Å². The van der Waals surface area contributed by atoms with Crippen LogP contribution in [0.5, 0.6) is 5.75 Å². The summed E-state index contributed by atoms with van der Waals surface area (Å²) in [5, 5.41) is 45.8. The number of nitrogens with one attached hydrogen (secondary N) is 4. The Balaban J connectivity index is 0.00000169. The smallest absolute Gasteiger partial charge is 0.490 e. The number of carboxylic acid groups (broad SMARTS) is 2. The van der Waals surface area contributed by atoms with Crippen LogP contribution in [0.25, 0.3) is 0 Å². The fourth-order valence-electron chi connectivity index (χ4n) is 4.68. The van der Waals surface area contributed by atoms with Gasteiger partial charge >= 0.3 is 24.3 Å². The lowest BCUT2D eigenvalue weighted by molar-refractivity contribution is -0.193. The summed E-state index contributed by atoms with van der Waals surface area (Å²) in [6, 6.07) is 9.85. The van der Waals surface area contributed by atoms with Crippen molar-refractivity contribution >= 4 is 46.8 Å². The van der Waals surface area contributed by atoms with Crippen LogP contribution in [-0.4, -0.2) is 109 Å². The number of aliphatic carboxylic acids is 2. The Morgan fingerprint density at radius 1 is 0.889 bits per heavy atom. The first-order valence-electron chi connectivity index (χ1n) is 15.2. The molecular weight excluding hydrogens is 758 g/mol. The second-order valence-corrected chi connectivity index (χ2v) is 12.9. The van der Waals surface area contributed by atoms with Gasteiger partial charge in [-0.15, -0.1) is 0 Å². The van der Waals surface area contributed by atoms with Crippen LogP contribution >= 0.6 is 0 Å². The zero-order chi connectivity index (χ0) is 42.1. The van der Waals surface area contributed by atoms with E-state index in [1.165, 1.54) is 11.2 Å². The summed E-state index contributed by atoms with van der Waals surface area (Å²) in [7, 11) is 0. The second kappa shape index (κ2) is 21.9. The molecule has 13 N–H and O–H groups in total. The number of hydrogen-bond acceptors (Lipinski definition) is 8. The first-order chi connectivity index (χ1) is 24.7. The number of guanidine groups is 2. The molecule has 54 heavy (non-hydrogen) atoms. The number of carbonyl (C=O) groups is 4. The first kappa shape index (κ1) is 48.5. The number of nitrogens with two attached hydrogens (primary N) is 3. The van der Waals surface area contributed by atoms with Crippen LogP contribution in [0.2, 0.25) is 0 Å². The van der Waals surface area contributed by atoms with Gasteiger partial charge in [0.25, 0.3) is 0 Å². The van der Waals surface area contributed by atoms with Gasteiger partial charge in [0.2, 0.25) is 11.8 Å². The molecule has 2 amide bonds. The number of phenols is 1. The van der Waals surface area contributed by atoms with E-state index in [0.29, 0.717) is 17.5 Å². The minimum atomic E-state index is -5.08. The molecule has 0 heterocycles. The molecule has 0 aliphatic rings. The van der Waals surface area contributed by atoms with Crippen LogP contribution in [0.4, 0.5) is 26.3 Å². The quantitative estimate of drug-likeness (QED) is 0.0558. The van der Waals surface area contributed by atoms with Gasteiger partial charge in [0.1, 0.15) is 23.6 Å². The molecule has 0 aliphatic carbocycles. The Kier molecular flexibility index (Phi) is 19.7. The monoisotopic (exact) mass is 800 g/mol. The van der Waals surface area contributed by atoms with Crippen molar-refractivity contribution in [2.75, 3.05) is 18.6 Å². The highest BCUT2D eigenvalue weighted by molar-refractivity contribution is 7.90. The molecule has 0 radical (unpaired) electrons. The van der Waals surface area contributed by atoms with Crippen molar-refractivity contribution in [1.29, 1.82) is 10.8 Å². The molecule has 0 saturated carbocycles. The van der Waals surface area contributed by atoms with Crippen LogP contribution in [0.15, 0.2) is 42.5 Å². The zero-order valence-electron chi connectivity index (χ0n) is 29.0. The first-order valence-corrected chi connectivity index (χ1v) is 16.9. The average molecular weight is 801 g/mol. The van der Waals surface area contributed by atoms with Crippen LogP contribution < -0.4 is 27.8 Å². The molecule has 23 heteroatoms. The fraction of sp³-hybridized carbons (Fsp3) is 0.419. The van der Waals surface area contributed by atoms with E-state index in [9.17, 15) is 45.6 Å². The molecule has 1 unspecified atom stereocenters. The van der Waals surface area contributed by atoms with Gasteiger partial charge in [-0.25, -0.2) is 9.59 Å². The number of halogens is 6. The predicted octanol–water partition coefficient (Wildman–Crippen LogP) is 1.22. The van der Waals surface area contributed by atoms with Crippen LogP contribution in [0.1, 0.15) is 28.7 Å². The molecule has 0 spiro atoms. The fourth-order valence-corrected chi connectivity index (χ4v) is 5.24. The molecule has 0 aliphatic heterocycles. The maximum absolute atomic E-state index is 13.6. The molecule has 0 fully saturated rings. The Morgan fingerprint density at radius 3 is 1.72 bits per heavy atom. The summed E-state index contributed by atoms with van der Waals surface area (Å²) in [4.78, 5) is 45.3. The summed E-state index contributed by atoms with van der Waals surface area (Å²) in [6.45, 7) is 3.62. The summed E-state index contributed by atoms with van der Waals surface area (Å²) < 4.78 is 75.5. The number of alkyl halides is 6. The van der Waals surface area contributed by atoms with Gasteiger partial charge in [-0.3, -0.25) is 20.4 Å². The van der Waals surface area contributed by atoms with E-state index in [-0.39, 0.29) is 36.8 Å². The maximum Gasteiger partial charge on any atom is 0.490 e. The number of primary amides is 1. The van der Waals surface area contributed by atoms with Gasteiger partial charge in [-0.2, -0.15) is 26.3 Å². The highest BCUT2D eigenvalue weighted by atomic mass is 32.2. The van der Waals surface area contributed by atoms with Crippen molar-refractivity contribution in [3.8, 4) is 5.75 Å². The van der Waals surface area contributed by atoms with Gasteiger partial charge in [0, 0.05) is 19.4 Å². The lowest BCUT2D eigenvalue weighted by Gasteiger charge is -2.37. The highest BCUT2D eigenvalue weighted by Crippen LogP contribution is 2.24. The molecule has 4 atom stereocenters. The molecule has 2 aromatic carbocycles. The SMILES string of the molecule is Cc1cc(O)cc(C)c1C[C@@H](C(N)=O)N(C(=N)N)[C@H](CC[S+](C)[O-])C(=O)NC[C@H](Cc1ccccc1)NC(=N)N.O=C(O)C(F)(F)F.O=C(O)C(F)(F)F. The summed E-state index contributed by atoms with van der Waals surface area (Å²) >= 11 is -1.27. The van der Waals surface area contributed by atoms with E-state index in [1.807, 2.05) is 30.3 Å². The number of amides is 2. The topological polar surface area (TPSA) is 305 Å².